The average Bonchev–Trinajstić information content (AvgIpc) is 2.53. The molecule has 2 aromatic rings. The number of carboxylic acid groups (broad SMARTS) is 1. The Kier molecular flexibility index (Phi) is 4.98. The fourth-order valence-electron chi connectivity index (χ4n) is 2.54. The molecule has 0 spiro atoms. The van der Waals surface area contributed by atoms with Crippen molar-refractivity contribution in [2.45, 2.75) is 25.4 Å². The Morgan fingerprint density at radius 1 is 1.00 bits per heavy atom. The van der Waals surface area contributed by atoms with Gasteiger partial charge in [0.1, 0.15) is 5.66 Å². The third-order valence-corrected chi connectivity index (χ3v) is 7.05. The normalized spacial score (nSPS) is 12.8. The molecule has 110 valence electrons. The van der Waals surface area contributed by atoms with Gasteiger partial charge in [-0.3, -0.25) is 4.79 Å². The van der Waals surface area contributed by atoms with Crippen LogP contribution in [-0.4, -0.2) is 16.7 Å². The van der Waals surface area contributed by atoms with Gasteiger partial charge in [0, 0.05) is 10.6 Å². The largest absolute Gasteiger partial charge is 0.481 e. The minimum Gasteiger partial charge on any atom is -0.481 e. The Balaban J connectivity index is 2.65. The van der Waals surface area contributed by atoms with Crippen molar-refractivity contribution in [2.24, 2.45) is 0 Å². The van der Waals surface area contributed by atoms with E-state index in [1.807, 2.05) is 19.1 Å². The molecule has 3 nitrogen and oxygen atoms in total. The summed E-state index contributed by atoms with van der Waals surface area (Å²) in [6.07, 6.45) is 1.08. The maximum atomic E-state index is 13.8. The van der Waals surface area contributed by atoms with Crippen molar-refractivity contribution in [1.29, 1.82) is 0 Å². The Morgan fingerprint density at radius 3 is 1.76 bits per heavy atom. The van der Waals surface area contributed by atoms with Crippen LogP contribution in [0.5, 0.6) is 0 Å². The fourth-order valence-corrected chi connectivity index (χ4v) is 5.72. The van der Waals surface area contributed by atoms with E-state index in [0.29, 0.717) is 23.5 Å². The van der Waals surface area contributed by atoms with Crippen molar-refractivity contribution in [2.75, 3.05) is 0 Å². The smallest absolute Gasteiger partial charge is 0.314 e. The molecule has 0 radical (unpaired) electrons. The highest BCUT2D eigenvalue weighted by molar-refractivity contribution is 7.80. The zero-order valence-electron chi connectivity index (χ0n) is 12.0. The highest BCUT2D eigenvalue weighted by Crippen LogP contribution is 2.50. The molecule has 1 N–H and O–H groups in total. The van der Waals surface area contributed by atoms with Crippen molar-refractivity contribution >= 4 is 23.7 Å². The molecule has 21 heavy (non-hydrogen) atoms. The van der Waals surface area contributed by atoms with Gasteiger partial charge in [0.25, 0.3) is 0 Å². The molecular formula is C17H19O3P. The van der Waals surface area contributed by atoms with Crippen LogP contribution >= 0.6 is 7.14 Å². The summed E-state index contributed by atoms with van der Waals surface area (Å²) >= 11 is 0. The number of benzene rings is 2. The van der Waals surface area contributed by atoms with Gasteiger partial charge in [-0.2, -0.15) is 0 Å². The van der Waals surface area contributed by atoms with Gasteiger partial charge < -0.3 is 9.67 Å². The van der Waals surface area contributed by atoms with Crippen molar-refractivity contribution in [1.82, 2.24) is 0 Å². The van der Waals surface area contributed by atoms with Crippen molar-refractivity contribution in [3.8, 4) is 0 Å². The van der Waals surface area contributed by atoms with Crippen LogP contribution in [0, 0.1) is 0 Å². The molecule has 0 aliphatic heterocycles. The number of hydrogen-bond acceptors (Lipinski definition) is 2. The third-order valence-electron chi connectivity index (χ3n) is 3.57. The first-order valence-electron chi connectivity index (χ1n) is 7.04. The quantitative estimate of drug-likeness (QED) is 0.833. The standard InChI is InChI=1S/C17H19O3P/c1-2-9-16(17(18)19)21(20,14-10-5-3-6-11-14)15-12-7-4-8-13-15/h3-8,10-13,16H,2,9H2,1H3,(H,18,19)/t16-/m0/s1. The van der Waals surface area contributed by atoms with E-state index in [2.05, 4.69) is 0 Å². The van der Waals surface area contributed by atoms with Crippen LogP contribution in [-0.2, 0) is 9.36 Å². The number of carbonyl (C=O) groups is 1. The molecule has 4 heteroatoms. The Bertz CT molecular complexity index is 594. The lowest BCUT2D eigenvalue weighted by Crippen LogP contribution is -2.31. The van der Waals surface area contributed by atoms with Crippen molar-refractivity contribution in [3.05, 3.63) is 60.7 Å². The van der Waals surface area contributed by atoms with Gasteiger partial charge in [-0.05, 0) is 6.42 Å². The lowest BCUT2D eigenvalue weighted by atomic mass is 10.2. The zero-order chi connectivity index (χ0) is 15.3. The van der Waals surface area contributed by atoms with Crippen molar-refractivity contribution < 1.29 is 14.5 Å². The van der Waals surface area contributed by atoms with E-state index in [0.717, 1.165) is 0 Å². The average molecular weight is 302 g/mol. The van der Waals surface area contributed by atoms with Crippen molar-refractivity contribution in [3.63, 3.8) is 0 Å². The summed E-state index contributed by atoms with van der Waals surface area (Å²) in [4.78, 5) is 11.7. The minimum absolute atomic E-state index is 0.399. The van der Waals surface area contributed by atoms with Gasteiger partial charge in [-0.15, -0.1) is 0 Å². The van der Waals surface area contributed by atoms with E-state index in [4.69, 9.17) is 0 Å². The summed E-state index contributed by atoms with van der Waals surface area (Å²) in [5.74, 6) is -0.993. The summed E-state index contributed by atoms with van der Waals surface area (Å²) < 4.78 is 13.8. The molecule has 0 aliphatic rings. The van der Waals surface area contributed by atoms with E-state index in [-0.39, 0.29) is 0 Å². The maximum Gasteiger partial charge on any atom is 0.314 e. The molecule has 0 heterocycles. The molecule has 0 aromatic heterocycles. The monoisotopic (exact) mass is 302 g/mol. The van der Waals surface area contributed by atoms with Crippen LogP contribution in [0.3, 0.4) is 0 Å². The van der Waals surface area contributed by atoms with Gasteiger partial charge in [0.05, 0.1) is 0 Å². The first-order chi connectivity index (χ1) is 10.1. The van der Waals surface area contributed by atoms with E-state index in [1.165, 1.54) is 0 Å². The molecule has 0 amide bonds. The lowest BCUT2D eigenvalue weighted by molar-refractivity contribution is -0.136. The number of rotatable bonds is 6. The summed E-state index contributed by atoms with van der Waals surface area (Å²) in [6.45, 7) is 1.91. The Labute approximate surface area is 125 Å². The van der Waals surface area contributed by atoms with Gasteiger partial charge in [-0.1, -0.05) is 74.0 Å². The molecule has 1 atom stereocenters. The van der Waals surface area contributed by atoms with E-state index in [1.54, 1.807) is 48.5 Å². The number of aliphatic carboxylic acids is 1. The molecular weight excluding hydrogens is 283 g/mol. The third kappa shape index (κ3) is 3.08. The van der Waals surface area contributed by atoms with Gasteiger partial charge in [0.2, 0.25) is 0 Å². The second kappa shape index (κ2) is 6.73. The summed E-state index contributed by atoms with van der Waals surface area (Å²) in [7, 11) is -3.21. The fraction of sp³-hybridized carbons (Fsp3) is 0.235. The van der Waals surface area contributed by atoms with Crippen LogP contribution in [0.25, 0.3) is 0 Å². The highest BCUT2D eigenvalue weighted by Gasteiger charge is 2.40. The summed E-state index contributed by atoms with van der Waals surface area (Å²) in [5.41, 5.74) is -0.882. The van der Waals surface area contributed by atoms with E-state index in [9.17, 15) is 14.5 Å². The molecule has 0 aliphatic carbocycles. The zero-order valence-corrected chi connectivity index (χ0v) is 12.9. The highest BCUT2D eigenvalue weighted by atomic mass is 31.2. The van der Waals surface area contributed by atoms with Crippen LogP contribution < -0.4 is 10.6 Å². The van der Waals surface area contributed by atoms with Gasteiger partial charge in [0.15, 0.2) is 7.14 Å². The Hall–Kier alpha value is -1.86. The molecule has 0 bridgehead atoms. The topological polar surface area (TPSA) is 54.4 Å². The second-order valence-corrected chi connectivity index (χ2v) is 7.94. The lowest BCUT2D eigenvalue weighted by Gasteiger charge is -2.25. The molecule has 0 fully saturated rings. The molecule has 2 aromatic carbocycles. The maximum absolute atomic E-state index is 13.8. The molecule has 0 saturated carbocycles. The van der Waals surface area contributed by atoms with Crippen LogP contribution in [0.15, 0.2) is 60.7 Å². The summed E-state index contributed by atoms with van der Waals surface area (Å²) in [6, 6.07) is 17.9. The number of hydrogen-bond donors (Lipinski definition) is 1. The first kappa shape index (κ1) is 15.5. The molecule has 0 saturated heterocycles. The number of carboxylic acids is 1. The predicted octanol–water partition coefficient (Wildman–Crippen LogP) is 3.25. The van der Waals surface area contributed by atoms with E-state index >= 15 is 0 Å². The van der Waals surface area contributed by atoms with E-state index < -0.39 is 18.8 Å². The second-order valence-electron chi connectivity index (χ2n) is 4.97. The van der Waals surface area contributed by atoms with Gasteiger partial charge in [-0.25, -0.2) is 0 Å². The van der Waals surface area contributed by atoms with Crippen LogP contribution in [0.4, 0.5) is 0 Å². The summed E-state index contributed by atoms with van der Waals surface area (Å²) in [5, 5.41) is 10.8. The van der Waals surface area contributed by atoms with Crippen LogP contribution in [0.1, 0.15) is 19.8 Å². The minimum atomic E-state index is -3.21. The molecule has 0 unspecified atom stereocenters. The predicted molar refractivity (Wildman–Crippen MR) is 86.1 cm³/mol. The SMILES string of the molecule is CCC[C@@H](C(=O)O)P(=O)(c1ccccc1)c1ccccc1. The molecule has 2 rings (SSSR count). The first-order valence-corrected chi connectivity index (χ1v) is 8.82. The Morgan fingerprint density at radius 2 is 1.43 bits per heavy atom. The van der Waals surface area contributed by atoms with Crippen LogP contribution in [0.2, 0.25) is 0 Å². The van der Waals surface area contributed by atoms with Gasteiger partial charge >= 0.3 is 5.97 Å².